The number of pyridine rings is 1. The van der Waals surface area contributed by atoms with Crippen LogP contribution in [0.2, 0.25) is 0 Å². The van der Waals surface area contributed by atoms with Crippen LogP contribution in [-0.2, 0) is 0 Å². The fourth-order valence-corrected chi connectivity index (χ4v) is 1.77. The Morgan fingerprint density at radius 1 is 1.25 bits per heavy atom. The molecule has 0 bridgehead atoms. The smallest absolute Gasteiger partial charge is 0.258 e. The van der Waals surface area contributed by atoms with Crippen molar-refractivity contribution in [2.45, 2.75) is 6.10 Å². The molecule has 82 valence electrons. The zero-order valence-corrected chi connectivity index (χ0v) is 8.69. The van der Waals surface area contributed by atoms with Gasteiger partial charge in [0.05, 0.1) is 0 Å². The number of hydrogen-bond acceptors (Lipinski definition) is 3. The van der Waals surface area contributed by atoms with E-state index in [0.717, 1.165) is 18.5 Å². The standard InChI is InChI=1S/C12H12N2O2/c15-12-10-4-2-1-3-8(10)5-11(14-12)16-9-6-13-7-9/h1-5,9,13H,6-7H2,(H,14,15). The highest BCUT2D eigenvalue weighted by Crippen LogP contribution is 2.15. The van der Waals surface area contributed by atoms with Gasteiger partial charge in [-0.3, -0.25) is 9.78 Å². The van der Waals surface area contributed by atoms with Gasteiger partial charge in [0.25, 0.3) is 5.56 Å². The topological polar surface area (TPSA) is 54.1 Å². The van der Waals surface area contributed by atoms with E-state index in [1.807, 2.05) is 30.3 Å². The first-order valence-corrected chi connectivity index (χ1v) is 5.32. The molecule has 0 saturated carbocycles. The van der Waals surface area contributed by atoms with E-state index in [1.54, 1.807) is 0 Å². The Morgan fingerprint density at radius 2 is 2.06 bits per heavy atom. The molecule has 0 aliphatic carbocycles. The summed E-state index contributed by atoms with van der Waals surface area (Å²) >= 11 is 0. The Hall–Kier alpha value is -1.81. The fraction of sp³-hybridized carbons (Fsp3) is 0.250. The van der Waals surface area contributed by atoms with E-state index < -0.39 is 0 Å². The van der Waals surface area contributed by atoms with Crippen molar-refractivity contribution in [3.05, 3.63) is 40.7 Å². The lowest BCUT2D eigenvalue weighted by molar-refractivity contribution is 0.136. The van der Waals surface area contributed by atoms with E-state index >= 15 is 0 Å². The average molecular weight is 216 g/mol. The van der Waals surface area contributed by atoms with E-state index in [2.05, 4.69) is 10.3 Å². The summed E-state index contributed by atoms with van der Waals surface area (Å²) in [5, 5.41) is 4.72. The molecule has 1 aliphatic rings. The lowest BCUT2D eigenvalue weighted by atomic mass is 10.2. The second-order valence-corrected chi connectivity index (χ2v) is 3.95. The van der Waals surface area contributed by atoms with E-state index in [0.29, 0.717) is 11.3 Å². The van der Waals surface area contributed by atoms with Crippen LogP contribution in [0.15, 0.2) is 35.1 Å². The van der Waals surface area contributed by atoms with Crippen LogP contribution >= 0.6 is 0 Å². The fourth-order valence-electron chi connectivity index (χ4n) is 1.77. The maximum Gasteiger partial charge on any atom is 0.258 e. The molecule has 0 unspecified atom stereocenters. The summed E-state index contributed by atoms with van der Waals surface area (Å²) in [6, 6.07) is 9.36. The molecule has 2 aromatic rings. The molecule has 0 radical (unpaired) electrons. The molecule has 2 heterocycles. The molecule has 1 saturated heterocycles. The molecule has 2 N–H and O–H groups in total. The third kappa shape index (κ3) is 1.57. The van der Waals surface area contributed by atoms with Crippen LogP contribution in [0.5, 0.6) is 5.88 Å². The van der Waals surface area contributed by atoms with E-state index in [-0.39, 0.29) is 11.7 Å². The second-order valence-electron chi connectivity index (χ2n) is 3.95. The Bertz CT molecular complexity index is 572. The molecule has 16 heavy (non-hydrogen) atoms. The van der Waals surface area contributed by atoms with Gasteiger partial charge in [-0.05, 0) is 11.5 Å². The maximum absolute atomic E-state index is 11.7. The normalized spacial score (nSPS) is 16.0. The number of rotatable bonds is 2. The van der Waals surface area contributed by atoms with Crippen molar-refractivity contribution in [2.24, 2.45) is 0 Å². The number of aromatic amines is 1. The van der Waals surface area contributed by atoms with E-state index in [1.165, 1.54) is 0 Å². The van der Waals surface area contributed by atoms with Crippen LogP contribution in [0.1, 0.15) is 0 Å². The van der Waals surface area contributed by atoms with Gasteiger partial charge in [-0.2, -0.15) is 0 Å². The van der Waals surface area contributed by atoms with Crippen molar-refractivity contribution in [2.75, 3.05) is 13.1 Å². The van der Waals surface area contributed by atoms with Gasteiger partial charge in [0.1, 0.15) is 6.10 Å². The van der Waals surface area contributed by atoms with Crippen LogP contribution in [0.25, 0.3) is 10.8 Å². The molecular weight excluding hydrogens is 204 g/mol. The number of nitrogens with one attached hydrogen (secondary N) is 2. The van der Waals surface area contributed by atoms with E-state index in [4.69, 9.17) is 4.74 Å². The second kappa shape index (κ2) is 3.64. The van der Waals surface area contributed by atoms with Gasteiger partial charge in [0, 0.05) is 24.5 Å². The van der Waals surface area contributed by atoms with Gasteiger partial charge in [0.2, 0.25) is 0 Å². The first kappa shape index (κ1) is 9.42. The van der Waals surface area contributed by atoms with Crippen molar-refractivity contribution in [1.82, 2.24) is 10.3 Å². The molecule has 0 spiro atoms. The van der Waals surface area contributed by atoms with Gasteiger partial charge < -0.3 is 10.1 Å². The maximum atomic E-state index is 11.7. The first-order chi connectivity index (χ1) is 7.83. The Labute approximate surface area is 92.2 Å². The summed E-state index contributed by atoms with van der Waals surface area (Å²) in [6.07, 6.45) is 0.178. The van der Waals surface area contributed by atoms with Crippen LogP contribution in [-0.4, -0.2) is 24.2 Å². The summed E-state index contributed by atoms with van der Waals surface area (Å²) in [7, 11) is 0. The third-order valence-corrected chi connectivity index (χ3v) is 2.77. The predicted molar refractivity (Wildman–Crippen MR) is 61.9 cm³/mol. The highest BCUT2D eigenvalue weighted by atomic mass is 16.5. The highest BCUT2D eigenvalue weighted by Gasteiger charge is 2.18. The molecule has 1 aromatic carbocycles. The zero-order valence-electron chi connectivity index (χ0n) is 8.69. The van der Waals surface area contributed by atoms with Crippen molar-refractivity contribution in [3.8, 4) is 5.88 Å². The minimum atomic E-state index is -0.0969. The monoisotopic (exact) mass is 216 g/mol. The molecule has 0 amide bonds. The Morgan fingerprint density at radius 3 is 2.81 bits per heavy atom. The van der Waals surface area contributed by atoms with Crippen molar-refractivity contribution in [1.29, 1.82) is 0 Å². The molecule has 4 heteroatoms. The molecule has 0 atom stereocenters. The molecule has 1 fully saturated rings. The molecule has 1 aromatic heterocycles. The molecular formula is C12H12N2O2. The van der Waals surface area contributed by atoms with Crippen LogP contribution < -0.4 is 15.6 Å². The van der Waals surface area contributed by atoms with Crippen molar-refractivity contribution >= 4 is 10.8 Å². The largest absolute Gasteiger partial charge is 0.473 e. The summed E-state index contributed by atoms with van der Waals surface area (Å²) in [5.74, 6) is 0.551. The van der Waals surface area contributed by atoms with Gasteiger partial charge in [-0.25, -0.2) is 0 Å². The molecule has 3 rings (SSSR count). The SMILES string of the molecule is O=c1[nH]c(OC2CNC2)cc2ccccc12. The number of H-pyrrole nitrogens is 1. The number of fused-ring (bicyclic) bond motifs is 1. The number of aromatic nitrogens is 1. The molecule has 4 nitrogen and oxygen atoms in total. The Kier molecular flexibility index (Phi) is 2.15. The lowest BCUT2D eigenvalue weighted by Crippen LogP contribution is -2.50. The quantitative estimate of drug-likeness (QED) is 0.783. The Balaban J connectivity index is 2.03. The van der Waals surface area contributed by atoms with Gasteiger partial charge in [-0.1, -0.05) is 18.2 Å². The molecule has 1 aliphatic heterocycles. The first-order valence-electron chi connectivity index (χ1n) is 5.32. The highest BCUT2D eigenvalue weighted by molar-refractivity contribution is 5.82. The van der Waals surface area contributed by atoms with Crippen molar-refractivity contribution < 1.29 is 4.74 Å². The summed E-state index contributed by atoms with van der Waals surface area (Å²) in [6.45, 7) is 1.68. The van der Waals surface area contributed by atoms with Gasteiger partial charge >= 0.3 is 0 Å². The summed E-state index contributed by atoms with van der Waals surface area (Å²) < 4.78 is 5.62. The van der Waals surface area contributed by atoms with Gasteiger partial charge in [-0.15, -0.1) is 0 Å². The van der Waals surface area contributed by atoms with Crippen LogP contribution in [0.4, 0.5) is 0 Å². The zero-order chi connectivity index (χ0) is 11.0. The minimum Gasteiger partial charge on any atom is -0.473 e. The summed E-state index contributed by atoms with van der Waals surface area (Å²) in [4.78, 5) is 14.5. The average Bonchev–Trinajstić information content (AvgIpc) is 2.24. The van der Waals surface area contributed by atoms with E-state index in [9.17, 15) is 4.79 Å². The predicted octanol–water partition coefficient (Wildman–Crippen LogP) is 0.879. The number of ether oxygens (including phenoxy) is 1. The third-order valence-electron chi connectivity index (χ3n) is 2.77. The summed E-state index contributed by atoms with van der Waals surface area (Å²) in [5.41, 5.74) is -0.0969. The van der Waals surface area contributed by atoms with Crippen LogP contribution in [0, 0.1) is 0 Å². The minimum absolute atomic E-state index is 0.0969. The van der Waals surface area contributed by atoms with Gasteiger partial charge in [0.15, 0.2) is 5.88 Å². The number of benzene rings is 1. The lowest BCUT2D eigenvalue weighted by Gasteiger charge is -2.27. The van der Waals surface area contributed by atoms with Crippen molar-refractivity contribution in [3.63, 3.8) is 0 Å². The number of hydrogen-bond donors (Lipinski definition) is 2. The van der Waals surface area contributed by atoms with Crippen LogP contribution in [0.3, 0.4) is 0 Å².